The number of benzene rings is 1. The van der Waals surface area contributed by atoms with Gasteiger partial charge in [-0.1, -0.05) is 19.1 Å². The lowest BCUT2D eigenvalue weighted by atomic mass is 10.0. The normalized spacial score (nSPS) is 12.4. The average molecular weight is 223 g/mol. The third-order valence-corrected chi connectivity index (χ3v) is 2.43. The van der Waals surface area contributed by atoms with E-state index in [9.17, 15) is 0 Å². The first-order valence-electron chi connectivity index (χ1n) is 5.81. The van der Waals surface area contributed by atoms with Crippen LogP contribution in [0.1, 0.15) is 25.8 Å². The maximum absolute atomic E-state index is 5.91. The smallest absolute Gasteiger partial charge is 0.189 e. The minimum Gasteiger partial charge on any atom is -0.468 e. The summed E-state index contributed by atoms with van der Waals surface area (Å²) in [6.07, 6.45) is 1.88. The maximum Gasteiger partial charge on any atom is 0.189 e. The largest absolute Gasteiger partial charge is 0.468 e. The molecule has 0 aliphatic carbocycles. The molecule has 90 valence electrons. The van der Waals surface area contributed by atoms with Crippen LogP contribution in [-0.4, -0.2) is 19.4 Å². The number of hydrogen-bond acceptors (Lipinski definition) is 3. The van der Waals surface area contributed by atoms with Crippen LogP contribution in [0.4, 0.5) is 0 Å². The summed E-state index contributed by atoms with van der Waals surface area (Å²) in [6.45, 7) is 5.01. The van der Waals surface area contributed by atoms with E-state index >= 15 is 0 Å². The van der Waals surface area contributed by atoms with Crippen LogP contribution in [0.3, 0.4) is 0 Å². The van der Waals surface area contributed by atoms with Gasteiger partial charge in [-0.05, 0) is 37.5 Å². The van der Waals surface area contributed by atoms with E-state index in [0.717, 1.165) is 18.6 Å². The lowest BCUT2D eigenvalue weighted by molar-refractivity contribution is 0.0224. The highest BCUT2D eigenvalue weighted by molar-refractivity contribution is 5.28. The Balaban J connectivity index is 2.50. The highest BCUT2D eigenvalue weighted by Gasteiger charge is 2.02. The SMILES string of the molecule is CCOCOc1cccc(CC(N)CC)c1. The minimum absolute atomic E-state index is 0.224. The van der Waals surface area contributed by atoms with E-state index in [1.165, 1.54) is 5.56 Å². The Bertz CT molecular complexity index is 302. The Morgan fingerprint density at radius 3 is 2.81 bits per heavy atom. The molecule has 0 aromatic heterocycles. The van der Waals surface area contributed by atoms with Crippen LogP contribution < -0.4 is 10.5 Å². The van der Waals surface area contributed by atoms with E-state index in [0.29, 0.717) is 13.4 Å². The van der Waals surface area contributed by atoms with Gasteiger partial charge in [0.25, 0.3) is 0 Å². The summed E-state index contributed by atoms with van der Waals surface area (Å²) in [5, 5.41) is 0. The first kappa shape index (κ1) is 13.0. The molecule has 0 bridgehead atoms. The van der Waals surface area contributed by atoms with Gasteiger partial charge in [-0.2, -0.15) is 0 Å². The van der Waals surface area contributed by atoms with Crippen LogP contribution in [-0.2, 0) is 11.2 Å². The molecule has 1 rings (SSSR count). The fourth-order valence-corrected chi connectivity index (χ4v) is 1.40. The average Bonchev–Trinajstić information content (AvgIpc) is 2.30. The van der Waals surface area contributed by atoms with Crippen molar-refractivity contribution >= 4 is 0 Å². The lowest BCUT2D eigenvalue weighted by Crippen LogP contribution is -2.21. The summed E-state index contributed by atoms with van der Waals surface area (Å²) in [7, 11) is 0. The summed E-state index contributed by atoms with van der Waals surface area (Å²) in [5.41, 5.74) is 7.12. The number of nitrogens with two attached hydrogens (primary N) is 1. The molecule has 1 unspecified atom stereocenters. The second-order valence-corrected chi connectivity index (χ2v) is 3.77. The molecule has 0 aliphatic heterocycles. The zero-order chi connectivity index (χ0) is 11.8. The van der Waals surface area contributed by atoms with Crippen molar-refractivity contribution < 1.29 is 9.47 Å². The first-order chi connectivity index (χ1) is 7.76. The molecule has 0 heterocycles. The summed E-state index contributed by atoms with van der Waals surface area (Å²) < 4.78 is 10.6. The molecule has 0 fully saturated rings. The monoisotopic (exact) mass is 223 g/mol. The topological polar surface area (TPSA) is 44.5 Å². The first-order valence-corrected chi connectivity index (χ1v) is 5.81. The Morgan fingerprint density at radius 2 is 2.12 bits per heavy atom. The second-order valence-electron chi connectivity index (χ2n) is 3.77. The van der Waals surface area contributed by atoms with Gasteiger partial charge in [0.05, 0.1) is 0 Å². The van der Waals surface area contributed by atoms with Crippen molar-refractivity contribution in [3.8, 4) is 5.75 Å². The highest BCUT2D eigenvalue weighted by atomic mass is 16.7. The van der Waals surface area contributed by atoms with Gasteiger partial charge >= 0.3 is 0 Å². The summed E-state index contributed by atoms with van der Waals surface area (Å²) in [5.74, 6) is 0.842. The molecule has 1 aromatic rings. The van der Waals surface area contributed by atoms with Crippen LogP contribution in [0.2, 0.25) is 0 Å². The van der Waals surface area contributed by atoms with E-state index < -0.39 is 0 Å². The van der Waals surface area contributed by atoms with Crippen molar-refractivity contribution in [3.05, 3.63) is 29.8 Å². The molecule has 0 spiro atoms. The third-order valence-electron chi connectivity index (χ3n) is 2.43. The fourth-order valence-electron chi connectivity index (χ4n) is 1.40. The fraction of sp³-hybridized carbons (Fsp3) is 0.538. The molecule has 1 atom stereocenters. The number of rotatable bonds is 7. The van der Waals surface area contributed by atoms with E-state index in [1.807, 2.05) is 25.1 Å². The van der Waals surface area contributed by atoms with Gasteiger partial charge in [0.2, 0.25) is 0 Å². The second kappa shape index (κ2) is 7.25. The van der Waals surface area contributed by atoms with Crippen molar-refractivity contribution in [1.29, 1.82) is 0 Å². The zero-order valence-electron chi connectivity index (χ0n) is 10.1. The van der Waals surface area contributed by atoms with Gasteiger partial charge in [0.1, 0.15) is 5.75 Å². The predicted octanol–water partition coefficient (Wildman–Crippen LogP) is 2.34. The molecule has 0 amide bonds. The summed E-state index contributed by atoms with van der Waals surface area (Å²) in [6, 6.07) is 8.23. The van der Waals surface area contributed by atoms with Crippen molar-refractivity contribution in [3.63, 3.8) is 0 Å². The van der Waals surface area contributed by atoms with E-state index in [-0.39, 0.29) is 6.04 Å². The molecular formula is C13H21NO2. The van der Waals surface area contributed by atoms with Gasteiger partial charge in [0, 0.05) is 12.6 Å². The Labute approximate surface area is 97.6 Å². The minimum atomic E-state index is 0.224. The lowest BCUT2D eigenvalue weighted by Gasteiger charge is -2.10. The van der Waals surface area contributed by atoms with Crippen molar-refractivity contribution in [2.75, 3.05) is 13.4 Å². The van der Waals surface area contributed by atoms with Crippen molar-refractivity contribution in [1.82, 2.24) is 0 Å². The van der Waals surface area contributed by atoms with Crippen molar-refractivity contribution in [2.24, 2.45) is 5.73 Å². The highest BCUT2D eigenvalue weighted by Crippen LogP contribution is 2.14. The molecule has 2 N–H and O–H groups in total. The molecule has 16 heavy (non-hydrogen) atoms. The van der Waals surface area contributed by atoms with E-state index in [2.05, 4.69) is 13.0 Å². The molecule has 1 aromatic carbocycles. The molecule has 0 aliphatic rings. The predicted molar refractivity (Wildman–Crippen MR) is 65.5 cm³/mol. The van der Waals surface area contributed by atoms with Crippen LogP contribution >= 0.6 is 0 Å². The Morgan fingerprint density at radius 1 is 1.31 bits per heavy atom. The Kier molecular flexibility index (Phi) is 5.90. The van der Waals surface area contributed by atoms with Crippen LogP contribution in [0.5, 0.6) is 5.75 Å². The summed E-state index contributed by atoms with van der Waals surface area (Å²) >= 11 is 0. The van der Waals surface area contributed by atoms with Gasteiger partial charge in [-0.25, -0.2) is 0 Å². The standard InChI is InChI=1S/C13H21NO2/c1-3-12(14)8-11-6-5-7-13(9-11)16-10-15-4-2/h5-7,9,12H,3-4,8,10,14H2,1-2H3. The zero-order valence-corrected chi connectivity index (χ0v) is 10.1. The van der Waals surface area contributed by atoms with Gasteiger partial charge in [-0.15, -0.1) is 0 Å². The van der Waals surface area contributed by atoms with E-state index in [4.69, 9.17) is 15.2 Å². The van der Waals surface area contributed by atoms with E-state index in [1.54, 1.807) is 0 Å². The number of ether oxygens (including phenoxy) is 2. The van der Waals surface area contributed by atoms with Crippen LogP contribution in [0.15, 0.2) is 24.3 Å². The summed E-state index contributed by atoms with van der Waals surface area (Å²) in [4.78, 5) is 0. The van der Waals surface area contributed by atoms with Gasteiger partial charge in [-0.3, -0.25) is 0 Å². The molecule has 3 heteroatoms. The molecule has 0 saturated carbocycles. The molecular weight excluding hydrogens is 202 g/mol. The van der Waals surface area contributed by atoms with Crippen molar-refractivity contribution in [2.45, 2.75) is 32.7 Å². The quantitative estimate of drug-likeness (QED) is 0.570. The number of hydrogen-bond donors (Lipinski definition) is 1. The maximum atomic E-state index is 5.91. The van der Waals surface area contributed by atoms with Gasteiger partial charge in [0.15, 0.2) is 6.79 Å². The van der Waals surface area contributed by atoms with Gasteiger partial charge < -0.3 is 15.2 Å². The molecule has 0 radical (unpaired) electrons. The molecule has 0 saturated heterocycles. The van der Waals surface area contributed by atoms with Crippen LogP contribution in [0.25, 0.3) is 0 Å². The molecule has 3 nitrogen and oxygen atoms in total. The van der Waals surface area contributed by atoms with Crippen LogP contribution in [0, 0.1) is 0 Å². The third kappa shape index (κ3) is 4.64. The Hall–Kier alpha value is -1.06.